The Hall–Kier alpha value is -5.48. The normalized spacial score (nSPS) is 21.6. The third-order valence-corrected chi connectivity index (χ3v) is 6.86. The first-order valence-corrected chi connectivity index (χ1v) is 13.1. The van der Waals surface area contributed by atoms with Crippen LogP contribution in [0.15, 0.2) is 63.8 Å². The standard InChI is InChI=1S/C30H26O15/c31-14-4-1-12(2-5-14)3-6-21(35)42-11-20-24(37)26(39)28(41)30(45-20)44-19-8-13(7-17(34)23(19)36)29-27(40)25(38)22-16(33)9-15(32)10-18(22)43-29/h1-10,20,24,26,28,30-34,36-37,39-41H,11H2. The molecule has 9 N–H and O–H groups in total. The van der Waals surface area contributed by atoms with E-state index in [1.807, 2.05) is 0 Å². The number of esters is 1. The van der Waals surface area contributed by atoms with E-state index in [4.69, 9.17) is 18.6 Å². The van der Waals surface area contributed by atoms with Crippen molar-refractivity contribution in [3.63, 3.8) is 0 Å². The van der Waals surface area contributed by atoms with Gasteiger partial charge in [-0.3, -0.25) is 4.79 Å². The maximum atomic E-state index is 12.7. The van der Waals surface area contributed by atoms with Gasteiger partial charge in [-0.05, 0) is 35.9 Å². The zero-order valence-corrected chi connectivity index (χ0v) is 22.8. The number of aliphatic hydroxyl groups is 3. The summed E-state index contributed by atoms with van der Waals surface area (Å²) in [5, 5.41) is 91.3. The molecule has 2 heterocycles. The van der Waals surface area contributed by atoms with Crippen molar-refractivity contribution in [3.05, 3.63) is 70.4 Å². The first-order valence-electron chi connectivity index (χ1n) is 13.1. The average Bonchev–Trinajstić information content (AvgIpc) is 3.00. The summed E-state index contributed by atoms with van der Waals surface area (Å²) >= 11 is 0. The van der Waals surface area contributed by atoms with E-state index < -0.39 is 94.4 Å². The van der Waals surface area contributed by atoms with E-state index >= 15 is 0 Å². The predicted molar refractivity (Wildman–Crippen MR) is 152 cm³/mol. The third kappa shape index (κ3) is 6.27. The number of carbonyl (C=O) groups is 1. The van der Waals surface area contributed by atoms with Crippen molar-refractivity contribution >= 4 is 23.0 Å². The zero-order valence-electron chi connectivity index (χ0n) is 22.8. The lowest BCUT2D eigenvalue weighted by Crippen LogP contribution is -2.60. The Kier molecular flexibility index (Phi) is 8.43. The molecule has 1 aliphatic heterocycles. The maximum absolute atomic E-state index is 12.7. The molecule has 0 radical (unpaired) electrons. The summed E-state index contributed by atoms with van der Waals surface area (Å²) in [7, 11) is 0. The lowest BCUT2D eigenvalue weighted by molar-refractivity contribution is -0.278. The smallest absolute Gasteiger partial charge is 0.330 e. The number of ether oxygens (including phenoxy) is 3. The number of hydrogen-bond donors (Lipinski definition) is 9. The second-order valence-electron chi connectivity index (χ2n) is 9.98. The van der Waals surface area contributed by atoms with Crippen LogP contribution in [0.3, 0.4) is 0 Å². The molecular formula is C30H26O15. The fraction of sp³-hybridized carbons (Fsp3) is 0.200. The van der Waals surface area contributed by atoms with E-state index in [2.05, 4.69) is 0 Å². The van der Waals surface area contributed by atoms with Crippen molar-refractivity contribution in [2.45, 2.75) is 30.7 Å². The van der Waals surface area contributed by atoms with Crippen molar-refractivity contribution < 1.29 is 69.4 Å². The number of aliphatic hydroxyl groups excluding tert-OH is 3. The van der Waals surface area contributed by atoms with E-state index in [-0.39, 0.29) is 16.9 Å². The molecule has 236 valence electrons. The van der Waals surface area contributed by atoms with E-state index in [9.17, 15) is 55.5 Å². The lowest BCUT2D eigenvalue weighted by atomic mass is 9.99. The van der Waals surface area contributed by atoms with Gasteiger partial charge in [-0.15, -0.1) is 0 Å². The van der Waals surface area contributed by atoms with Crippen LogP contribution in [0.25, 0.3) is 28.4 Å². The Labute approximate surface area is 251 Å². The molecule has 0 spiro atoms. The minimum Gasteiger partial charge on any atom is -0.508 e. The Morgan fingerprint density at radius 1 is 0.822 bits per heavy atom. The first kappa shape index (κ1) is 31.0. The minimum atomic E-state index is -1.93. The van der Waals surface area contributed by atoms with Gasteiger partial charge in [0, 0.05) is 23.8 Å². The Balaban J connectivity index is 1.37. The van der Waals surface area contributed by atoms with Crippen LogP contribution in [-0.4, -0.2) is 89.2 Å². The van der Waals surface area contributed by atoms with Gasteiger partial charge in [0.25, 0.3) is 0 Å². The highest BCUT2D eigenvalue weighted by molar-refractivity contribution is 5.88. The molecule has 15 heteroatoms. The van der Waals surface area contributed by atoms with E-state index in [0.29, 0.717) is 5.56 Å². The molecule has 45 heavy (non-hydrogen) atoms. The van der Waals surface area contributed by atoms with Crippen molar-refractivity contribution in [1.82, 2.24) is 0 Å². The van der Waals surface area contributed by atoms with Crippen LogP contribution in [0, 0.1) is 0 Å². The van der Waals surface area contributed by atoms with Gasteiger partial charge >= 0.3 is 5.97 Å². The van der Waals surface area contributed by atoms with Gasteiger partial charge in [0.05, 0.1) is 0 Å². The number of phenols is 5. The topological polar surface area (TPSA) is 257 Å². The summed E-state index contributed by atoms with van der Waals surface area (Å²) in [4.78, 5) is 24.9. The number of fused-ring (bicyclic) bond motifs is 1. The van der Waals surface area contributed by atoms with Crippen molar-refractivity contribution in [1.29, 1.82) is 0 Å². The Bertz CT molecular complexity index is 1830. The van der Waals surface area contributed by atoms with Gasteiger partial charge in [0.1, 0.15) is 59.2 Å². The molecule has 1 aromatic heterocycles. The summed E-state index contributed by atoms with van der Waals surface area (Å²) in [6, 6.07) is 9.62. The van der Waals surface area contributed by atoms with E-state index in [0.717, 1.165) is 30.3 Å². The summed E-state index contributed by atoms with van der Waals surface area (Å²) < 4.78 is 21.6. The quantitative estimate of drug-likeness (QED) is 0.0791. The van der Waals surface area contributed by atoms with Crippen LogP contribution >= 0.6 is 0 Å². The minimum absolute atomic E-state index is 0.0339. The zero-order chi connectivity index (χ0) is 32.6. The van der Waals surface area contributed by atoms with Crippen molar-refractivity contribution in [3.8, 4) is 51.6 Å². The summed E-state index contributed by atoms with van der Waals surface area (Å²) in [5.74, 6) is -5.87. The number of carbonyl (C=O) groups excluding carboxylic acids is 1. The number of aromatic hydroxyl groups is 6. The molecule has 5 atom stereocenters. The van der Waals surface area contributed by atoms with Crippen LogP contribution in [0.5, 0.6) is 40.2 Å². The van der Waals surface area contributed by atoms with Gasteiger partial charge in [-0.25, -0.2) is 4.79 Å². The number of hydrogen-bond acceptors (Lipinski definition) is 15. The monoisotopic (exact) mass is 626 g/mol. The fourth-order valence-electron chi connectivity index (χ4n) is 4.52. The summed E-state index contributed by atoms with van der Waals surface area (Å²) in [6.45, 7) is -0.614. The van der Waals surface area contributed by atoms with E-state index in [1.54, 1.807) is 12.1 Å². The molecule has 0 aliphatic carbocycles. The van der Waals surface area contributed by atoms with Crippen LogP contribution < -0.4 is 10.2 Å². The SMILES string of the molecule is O=C(C=Cc1ccc(O)cc1)OCC1OC(Oc2cc(-c3oc4cc(O)cc(O)c4c(=O)c3O)cc(O)c2O)C(O)C(O)C1O. The molecule has 0 bridgehead atoms. The molecule has 4 aromatic rings. The van der Waals surface area contributed by atoms with Crippen LogP contribution in [0.1, 0.15) is 5.56 Å². The van der Waals surface area contributed by atoms with Crippen LogP contribution in [0.4, 0.5) is 0 Å². The van der Waals surface area contributed by atoms with Gasteiger partial charge in [0.2, 0.25) is 23.2 Å². The van der Waals surface area contributed by atoms with Crippen LogP contribution in [0.2, 0.25) is 0 Å². The van der Waals surface area contributed by atoms with Gasteiger partial charge in [0.15, 0.2) is 17.3 Å². The van der Waals surface area contributed by atoms with E-state index in [1.165, 1.54) is 18.2 Å². The highest BCUT2D eigenvalue weighted by Crippen LogP contribution is 2.43. The number of benzene rings is 3. The largest absolute Gasteiger partial charge is 0.508 e. The second kappa shape index (κ2) is 12.3. The average molecular weight is 627 g/mol. The second-order valence-corrected chi connectivity index (χ2v) is 9.98. The molecule has 3 aromatic carbocycles. The van der Waals surface area contributed by atoms with Gasteiger partial charge in [-0.1, -0.05) is 12.1 Å². The molecule has 1 fully saturated rings. The highest BCUT2D eigenvalue weighted by Gasteiger charge is 2.46. The van der Waals surface area contributed by atoms with Crippen molar-refractivity contribution in [2.75, 3.05) is 6.61 Å². The lowest BCUT2D eigenvalue weighted by Gasteiger charge is -2.39. The molecule has 0 amide bonds. The third-order valence-electron chi connectivity index (χ3n) is 6.86. The molecule has 5 unspecified atom stereocenters. The first-order chi connectivity index (χ1) is 21.3. The van der Waals surface area contributed by atoms with Crippen LogP contribution in [-0.2, 0) is 14.3 Å². The molecule has 1 aliphatic rings. The molecule has 0 saturated carbocycles. The Morgan fingerprint density at radius 2 is 1.53 bits per heavy atom. The Morgan fingerprint density at radius 3 is 2.24 bits per heavy atom. The molecule has 15 nitrogen and oxygen atoms in total. The summed E-state index contributed by atoms with van der Waals surface area (Å²) in [6.07, 6.45) is -6.37. The molecule has 1 saturated heterocycles. The van der Waals surface area contributed by atoms with Crippen molar-refractivity contribution in [2.24, 2.45) is 0 Å². The van der Waals surface area contributed by atoms with Gasteiger partial charge < -0.3 is 64.6 Å². The fourth-order valence-corrected chi connectivity index (χ4v) is 4.52. The van der Waals surface area contributed by atoms with Gasteiger partial charge in [-0.2, -0.15) is 0 Å². The number of rotatable bonds is 7. The molecule has 5 rings (SSSR count). The number of phenolic OH excluding ortho intramolecular Hbond substituents is 5. The summed E-state index contributed by atoms with van der Waals surface area (Å²) in [5.41, 5.74) is -1.10. The maximum Gasteiger partial charge on any atom is 0.330 e. The predicted octanol–water partition coefficient (Wildman–Crippen LogP) is 1.14. The molecular weight excluding hydrogens is 600 g/mol. The highest BCUT2D eigenvalue weighted by atomic mass is 16.7.